The largest absolute Gasteiger partial charge is 0.382 e. The third-order valence-corrected chi connectivity index (χ3v) is 3.28. The van der Waals surface area contributed by atoms with Crippen molar-refractivity contribution in [2.75, 3.05) is 39.2 Å². The van der Waals surface area contributed by atoms with Crippen LogP contribution < -0.4 is 16.8 Å². The first kappa shape index (κ1) is 15.5. The van der Waals surface area contributed by atoms with Crippen molar-refractivity contribution in [1.29, 1.82) is 0 Å². The number of hydrogen-bond acceptors (Lipinski definition) is 5. The van der Waals surface area contributed by atoms with Crippen molar-refractivity contribution >= 4 is 29.1 Å². The average Bonchev–Trinajstić information content (AvgIpc) is 2.29. The number of nitrogens with one attached hydrogen (secondary N) is 1. The van der Waals surface area contributed by atoms with Gasteiger partial charge in [0.1, 0.15) is 6.04 Å². The van der Waals surface area contributed by atoms with E-state index < -0.39 is 5.91 Å². The Morgan fingerprint density at radius 1 is 1.32 bits per heavy atom. The van der Waals surface area contributed by atoms with Gasteiger partial charge in [-0.25, -0.2) is 9.97 Å². The van der Waals surface area contributed by atoms with Crippen LogP contribution in [0.4, 0.5) is 11.6 Å². The Morgan fingerprint density at radius 2 is 1.89 bits per heavy atom. The molecule has 0 bridgehead atoms. The summed E-state index contributed by atoms with van der Waals surface area (Å²) in [5.41, 5.74) is 11.0. The van der Waals surface area contributed by atoms with Gasteiger partial charge in [0, 0.05) is 0 Å². The molecular formula is C11H20ClN6O+. The zero-order chi connectivity index (χ0) is 14.8. The number of likely N-dealkylation sites (N-methyl/N-ethyl adjacent to an activating group) is 1. The molecule has 0 unspecified atom stereocenters. The SMILES string of the molecule is C[C@@H](CNC(=O)c1nc(Cl)c(N)nc1N)[N+](C)(C)C. The van der Waals surface area contributed by atoms with E-state index in [4.69, 9.17) is 23.1 Å². The first-order valence-corrected chi connectivity index (χ1v) is 6.18. The van der Waals surface area contributed by atoms with Crippen LogP contribution in [0.3, 0.4) is 0 Å². The molecule has 0 aromatic carbocycles. The van der Waals surface area contributed by atoms with Crippen molar-refractivity contribution in [3.8, 4) is 0 Å². The Balaban J connectivity index is 2.77. The molecule has 0 saturated carbocycles. The van der Waals surface area contributed by atoms with Gasteiger partial charge >= 0.3 is 0 Å². The molecule has 0 aliphatic rings. The maximum Gasteiger partial charge on any atom is 0.274 e. The van der Waals surface area contributed by atoms with E-state index >= 15 is 0 Å². The van der Waals surface area contributed by atoms with Crippen LogP contribution >= 0.6 is 11.6 Å². The quantitative estimate of drug-likeness (QED) is 0.682. The number of nitrogen functional groups attached to an aromatic ring is 2. The Bertz CT molecular complexity index is 485. The van der Waals surface area contributed by atoms with Crippen LogP contribution in [0.5, 0.6) is 0 Å². The summed E-state index contributed by atoms with van der Waals surface area (Å²) in [7, 11) is 6.14. The molecule has 1 aromatic rings. The van der Waals surface area contributed by atoms with Gasteiger partial charge < -0.3 is 21.3 Å². The summed E-state index contributed by atoms with van der Waals surface area (Å²) in [4.78, 5) is 19.6. The van der Waals surface area contributed by atoms with E-state index in [1.54, 1.807) is 0 Å². The maximum atomic E-state index is 12.0. The number of rotatable bonds is 4. The molecule has 106 valence electrons. The van der Waals surface area contributed by atoms with Gasteiger partial charge in [-0.05, 0) is 6.92 Å². The smallest absolute Gasteiger partial charge is 0.274 e. The topological polar surface area (TPSA) is 107 Å². The number of nitrogens with two attached hydrogens (primary N) is 2. The highest BCUT2D eigenvalue weighted by Gasteiger charge is 2.21. The van der Waals surface area contributed by atoms with Crippen molar-refractivity contribution in [2.24, 2.45) is 0 Å². The van der Waals surface area contributed by atoms with Crippen LogP contribution in [-0.4, -0.2) is 54.1 Å². The lowest BCUT2D eigenvalue weighted by Gasteiger charge is -2.31. The van der Waals surface area contributed by atoms with Crippen molar-refractivity contribution < 1.29 is 9.28 Å². The zero-order valence-electron chi connectivity index (χ0n) is 11.6. The molecule has 19 heavy (non-hydrogen) atoms. The highest BCUT2D eigenvalue weighted by atomic mass is 35.5. The molecule has 0 saturated heterocycles. The maximum absolute atomic E-state index is 12.0. The second kappa shape index (κ2) is 5.58. The minimum atomic E-state index is -0.410. The first-order chi connectivity index (χ1) is 8.62. The number of quaternary nitrogens is 1. The number of halogens is 1. The molecule has 1 amide bonds. The Hall–Kier alpha value is -1.60. The number of nitrogens with zero attached hydrogens (tertiary/aromatic N) is 3. The molecule has 1 atom stereocenters. The number of hydrogen-bond donors (Lipinski definition) is 3. The van der Waals surface area contributed by atoms with Crippen molar-refractivity contribution in [3.63, 3.8) is 0 Å². The second-order valence-electron chi connectivity index (χ2n) is 5.31. The minimum Gasteiger partial charge on any atom is -0.382 e. The Kier molecular flexibility index (Phi) is 4.54. The van der Waals surface area contributed by atoms with Crippen LogP contribution in [0.2, 0.25) is 5.15 Å². The summed E-state index contributed by atoms with van der Waals surface area (Å²) in [6.07, 6.45) is 0. The van der Waals surface area contributed by atoms with Crippen LogP contribution in [-0.2, 0) is 0 Å². The first-order valence-electron chi connectivity index (χ1n) is 5.80. The van der Waals surface area contributed by atoms with Crippen LogP contribution in [0, 0.1) is 0 Å². The van der Waals surface area contributed by atoms with E-state index in [0.29, 0.717) is 6.54 Å². The van der Waals surface area contributed by atoms with E-state index in [2.05, 4.69) is 15.3 Å². The van der Waals surface area contributed by atoms with Crippen molar-refractivity contribution in [2.45, 2.75) is 13.0 Å². The number of amides is 1. The molecule has 7 nitrogen and oxygen atoms in total. The molecule has 5 N–H and O–H groups in total. The van der Waals surface area contributed by atoms with Gasteiger partial charge in [0.25, 0.3) is 5.91 Å². The highest BCUT2D eigenvalue weighted by molar-refractivity contribution is 6.31. The summed E-state index contributed by atoms with van der Waals surface area (Å²) in [6, 6.07) is 0.238. The normalized spacial score (nSPS) is 13.1. The van der Waals surface area contributed by atoms with E-state index in [-0.39, 0.29) is 28.5 Å². The Labute approximate surface area is 117 Å². The molecule has 0 aliphatic heterocycles. The molecule has 1 rings (SSSR count). The summed E-state index contributed by atoms with van der Waals surface area (Å²) in [5.74, 6) is -0.431. The fraction of sp³-hybridized carbons (Fsp3) is 0.545. The van der Waals surface area contributed by atoms with Gasteiger partial charge in [-0.15, -0.1) is 0 Å². The van der Waals surface area contributed by atoms with E-state index in [0.717, 1.165) is 4.48 Å². The number of anilines is 2. The van der Waals surface area contributed by atoms with Gasteiger partial charge in [0.05, 0.1) is 27.7 Å². The van der Waals surface area contributed by atoms with Gasteiger partial charge in [0.15, 0.2) is 22.5 Å². The lowest BCUT2D eigenvalue weighted by atomic mass is 10.2. The third-order valence-electron chi connectivity index (χ3n) is 3.00. The van der Waals surface area contributed by atoms with E-state index in [1.807, 2.05) is 28.1 Å². The zero-order valence-corrected chi connectivity index (χ0v) is 12.3. The van der Waals surface area contributed by atoms with E-state index in [1.165, 1.54) is 0 Å². The predicted octanol–water partition coefficient (Wildman–Crippen LogP) is 0.119. The molecule has 0 radical (unpaired) electrons. The number of carbonyl (C=O) groups excluding carboxylic acids is 1. The summed E-state index contributed by atoms with van der Waals surface area (Å²) in [6.45, 7) is 2.52. The Morgan fingerprint density at radius 3 is 2.42 bits per heavy atom. The molecule has 1 aromatic heterocycles. The highest BCUT2D eigenvalue weighted by Crippen LogP contribution is 2.17. The summed E-state index contributed by atoms with van der Waals surface area (Å²) >= 11 is 5.73. The fourth-order valence-corrected chi connectivity index (χ4v) is 1.33. The fourth-order valence-electron chi connectivity index (χ4n) is 1.21. The molecule has 1 heterocycles. The van der Waals surface area contributed by atoms with Gasteiger partial charge in [-0.2, -0.15) is 0 Å². The molecule has 0 aliphatic carbocycles. The van der Waals surface area contributed by atoms with Gasteiger partial charge in [0.2, 0.25) is 0 Å². The van der Waals surface area contributed by atoms with Gasteiger partial charge in [-0.1, -0.05) is 11.6 Å². The van der Waals surface area contributed by atoms with Crippen molar-refractivity contribution in [1.82, 2.24) is 15.3 Å². The lowest BCUT2D eigenvalue weighted by Crippen LogP contribution is -2.49. The monoisotopic (exact) mass is 287 g/mol. The van der Waals surface area contributed by atoms with Gasteiger partial charge in [-0.3, -0.25) is 4.79 Å². The summed E-state index contributed by atoms with van der Waals surface area (Å²) in [5, 5.41) is 2.73. The summed E-state index contributed by atoms with van der Waals surface area (Å²) < 4.78 is 0.726. The van der Waals surface area contributed by atoms with Crippen LogP contribution in [0.1, 0.15) is 17.4 Å². The van der Waals surface area contributed by atoms with Crippen molar-refractivity contribution in [3.05, 3.63) is 10.8 Å². The second-order valence-corrected chi connectivity index (χ2v) is 5.67. The van der Waals surface area contributed by atoms with E-state index in [9.17, 15) is 4.79 Å². The lowest BCUT2D eigenvalue weighted by molar-refractivity contribution is -0.892. The molecule has 8 heteroatoms. The molecule has 0 fully saturated rings. The average molecular weight is 288 g/mol. The van der Waals surface area contributed by atoms with Crippen LogP contribution in [0.25, 0.3) is 0 Å². The standard InChI is InChI=1S/C11H19ClN6O/c1-6(18(2,3)4)5-15-11(19)7-9(13)17-10(14)8(12)16-7/h6H,5H2,1-4H3,(H4-,13,14,15,17,19)/p+1/t6-/m0/s1. The minimum absolute atomic E-state index is 0.00666. The third kappa shape index (κ3) is 3.93. The molecular weight excluding hydrogens is 268 g/mol. The number of carbonyl (C=O) groups is 1. The predicted molar refractivity (Wildman–Crippen MR) is 75.7 cm³/mol. The van der Waals surface area contributed by atoms with Crippen LogP contribution in [0.15, 0.2) is 0 Å². The number of aromatic nitrogens is 2. The molecule has 0 spiro atoms.